The second-order valence-electron chi connectivity index (χ2n) is 2.72. The Kier molecular flexibility index (Phi) is 1.98. The van der Waals surface area contributed by atoms with Crippen molar-refractivity contribution in [2.24, 2.45) is 0 Å². The van der Waals surface area contributed by atoms with E-state index in [1.165, 1.54) is 12.3 Å². The molecular weight excluding hydrogens is 180 g/mol. The lowest BCUT2D eigenvalue weighted by molar-refractivity contribution is 0.185. The molecule has 70 valence electrons. The van der Waals surface area contributed by atoms with Gasteiger partial charge in [-0.2, -0.15) is 4.73 Å². The highest BCUT2D eigenvalue weighted by Crippen LogP contribution is 2.11. The van der Waals surface area contributed by atoms with Crippen LogP contribution in [0.3, 0.4) is 0 Å². The first-order valence-electron chi connectivity index (χ1n) is 4.01. The molecular formula is C9H8N4O. The second kappa shape index (κ2) is 3.29. The molecule has 0 aromatic carbocycles. The van der Waals surface area contributed by atoms with E-state index in [1.807, 2.05) is 0 Å². The van der Waals surface area contributed by atoms with Crippen LogP contribution in [0.4, 0.5) is 0 Å². The fourth-order valence-corrected chi connectivity index (χ4v) is 1.11. The van der Waals surface area contributed by atoms with Gasteiger partial charge in [0.2, 0.25) is 0 Å². The van der Waals surface area contributed by atoms with Crippen molar-refractivity contribution >= 4 is 0 Å². The van der Waals surface area contributed by atoms with Crippen molar-refractivity contribution in [3.8, 4) is 11.4 Å². The van der Waals surface area contributed by atoms with Gasteiger partial charge in [-0.05, 0) is 12.1 Å². The van der Waals surface area contributed by atoms with Gasteiger partial charge in [0.1, 0.15) is 5.49 Å². The fraction of sp³-hybridized carbons (Fsp3) is 0. The van der Waals surface area contributed by atoms with Gasteiger partial charge in [-0.1, -0.05) is 0 Å². The van der Waals surface area contributed by atoms with Crippen LogP contribution in [-0.2, 0) is 0 Å². The third kappa shape index (κ3) is 1.47. The first-order valence-corrected chi connectivity index (χ1v) is 4.01. The Balaban J connectivity index is 2.62. The Hall–Kier alpha value is -2.17. The summed E-state index contributed by atoms with van der Waals surface area (Å²) in [4.78, 5) is 7.75. The quantitative estimate of drug-likeness (QED) is 0.645. The molecule has 0 unspecified atom stereocenters. The van der Waals surface area contributed by atoms with Gasteiger partial charge in [-0.3, -0.25) is 10.4 Å². The van der Waals surface area contributed by atoms with Gasteiger partial charge >= 0.3 is 0 Å². The van der Waals surface area contributed by atoms with Gasteiger partial charge in [-0.15, -0.1) is 0 Å². The predicted molar refractivity (Wildman–Crippen MR) is 48.5 cm³/mol. The van der Waals surface area contributed by atoms with Crippen LogP contribution in [0.5, 0.6) is 0 Å². The number of nitrogens with one attached hydrogen (secondary N) is 1. The third-order valence-electron chi connectivity index (χ3n) is 1.76. The van der Waals surface area contributed by atoms with E-state index < -0.39 is 0 Å². The highest BCUT2D eigenvalue weighted by atomic mass is 16.5. The largest absolute Gasteiger partial charge is 0.427 e. The van der Waals surface area contributed by atoms with Crippen molar-refractivity contribution in [1.82, 2.24) is 14.7 Å². The van der Waals surface area contributed by atoms with Crippen molar-refractivity contribution < 1.29 is 5.21 Å². The summed E-state index contributed by atoms with van der Waals surface area (Å²) in [6.07, 6.45) is 4.59. The molecule has 2 aromatic rings. The first kappa shape index (κ1) is 8.43. The van der Waals surface area contributed by atoms with E-state index >= 15 is 0 Å². The van der Waals surface area contributed by atoms with Crippen LogP contribution in [0.15, 0.2) is 36.8 Å². The molecule has 14 heavy (non-hydrogen) atoms. The summed E-state index contributed by atoms with van der Waals surface area (Å²) in [7, 11) is 0. The van der Waals surface area contributed by atoms with Crippen molar-refractivity contribution in [3.05, 3.63) is 42.3 Å². The number of hydrogen-bond donors (Lipinski definition) is 2. The van der Waals surface area contributed by atoms with Gasteiger partial charge in [-0.25, -0.2) is 4.98 Å². The molecule has 0 aliphatic heterocycles. The van der Waals surface area contributed by atoms with Crippen LogP contribution >= 0.6 is 0 Å². The number of aromatic nitrogens is 3. The SMILES string of the molecule is N=c1ccn(O)c(-c2ccncc2)n1. The lowest BCUT2D eigenvalue weighted by Crippen LogP contribution is -2.11. The van der Waals surface area contributed by atoms with E-state index in [4.69, 9.17) is 5.41 Å². The molecule has 2 heterocycles. The zero-order valence-electron chi connectivity index (χ0n) is 7.25. The summed E-state index contributed by atoms with van der Waals surface area (Å²) in [5, 5.41) is 16.8. The Morgan fingerprint density at radius 2 is 1.93 bits per heavy atom. The molecule has 5 nitrogen and oxygen atoms in total. The van der Waals surface area contributed by atoms with Crippen molar-refractivity contribution in [1.29, 1.82) is 5.41 Å². The molecule has 0 spiro atoms. The maximum Gasteiger partial charge on any atom is 0.177 e. The standard InChI is InChI=1S/C9H8N4O/c10-8-3-6-13(14)9(12-8)7-1-4-11-5-2-7/h1-6,10,14H. The second-order valence-corrected chi connectivity index (χ2v) is 2.72. The molecule has 2 aromatic heterocycles. The molecule has 0 aliphatic carbocycles. The maximum absolute atomic E-state index is 9.44. The fourth-order valence-electron chi connectivity index (χ4n) is 1.11. The molecule has 2 rings (SSSR count). The molecule has 0 bridgehead atoms. The highest BCUT2D eigenvalue weighted by molar-refractivity contribution is 5.53. The lowest BCUT2D eigenvalue weighted by atomic mass is 10.2. The minimum absolute atomic E-state index is 0.113. The van der Waals surface area contributed by atoms with E-state index in [0.29, 0.717) is 5.82 Å². The van der Waals surface area contributed by atoms with Crippen LogP contribution in [0.25, 0.3) is 11.4 Å². The molecule has 0 amide bonds. The summed E-state index contributed by atoms with van der Waals surface area (Å²) in [5.74, 6) is 0.333. The molecule has 0 radical (unpaired) electrons. The monoisotopic (exact) mass is 188 g/mol. The molecule has 0 saturated carbocycles. The van der Waals surface area contributed by atoms with Gasteiger partial charge in [0.05, 0.1) is 0 Å². The number of hydrogen-bond acceptors (Lipinski definition) is 4. The van der Waals surface area contributed by atoms with Crippen molar-refractivity contribution in [2.75, 3.05) is 0 Å². The Morgan fingerprint density at radius 1 is 1.21 bits per heavy atom. The van der Waals surface area contributed by atoms with E-state index in [9.17, 15) is 5.21 Å². The van der Waals surface area contributed by atoms with Crippen molar-refractivity contribution in [3.63, 3.8) is 0 Å². The summed E-state index contributed by atoms with van der Waals surface area (Å²) in [6, 6.07) is 4.84. The van der Waals surface area contributed by atoms with E-state index in [0.717, 1.165) is 10.3 Å². The lowest BCUT2D eigenvalue weighted by Gasteiger charge is -2.04. The van der Waals surface area contributed by atoms with Crippen LogP contribution in [-0.4, -0.2) is 19.9 Å². The highest BCUT2D eigenvalue weighted by Gasteiger charge is 2.02. The summed E-state index contributed by atoms with van der Waals surface area (Å²) >= 11 is 0. The van der Waals surface area contributed by atoms with Crippen molar-refractivity contribution in [2.45, 2.75) is 0 Å². The third-order valence-corrected chi connectivity index (χ3v) is 1.76. The Bertz CT molecular complexity index is 492. The molecule has 0 saturated heterocycles. The van der Waals surface area contributed by atoms with Crippen LogP contribution in [0.1, 0.15) is 0 Å². The van der Waals surface area contributed by atoms with Gasteiger partial charge in [0.15, 0.2) is 5.82 Å². The maximum atomic E-state index is 9.44. The van der Waals surface area contributed by atoms with Crippen LogP contribution in [0, 0.1) is 5.41 Å². The predicted octanol–water partition coefficient (Wildman–Crippen LogP) is 0.662. The van der Waals surface area contributed by atoms with E-state index in [1.54, 1.807) is 24.5 Å². The normalized spacial score (nSPS) is 10.0. The average molecular weight is 188 g/mol. The van der Waals surface area contributed by atoms with E-state index in [2.05, 4.69) is 9.97 Å². The summed E-state index contributed by atoms with van der Waals surface area (Å²) in [6.45, 7) is 0. The molecule has 0 atom stereocenters. The van der Waals surface area contributed by atoms with Gasteiger partial charge in [0, 0.05) is 30.2 Å². The number of rotatable bonds is 1. The zero-order chi connectivity index (χ0) is 9.97. The molecule has 5 heteroatoms. The first-order chi connectivity index (χ1) is 6.77. The van der Waals surface area contributed by atoms with E-state index in [-0.39, 0.29) is 5.49 Å². The minimum Gasteiger partial charge on any atom is -0.427 e. The van der Waals surface area contributed by atoms with Crippen LogP contribution in [0.2, 0.25) is 0 Å². The van der Waals surface area contributed by atoms with Gasteiger partial charge in [0.25, 0.3) is 0 Å². The summed E-state index contributed by atoms with van der Waals surface area (Å²) < 4.78 is 0.882. The Morgan fingerprint density at radius 3 is 2.64 bits per heavy atom. The number of pyridine rings is 1. The topological polar surface area (TPSA) is 74.8 Å². The molecule has 2 N–H and O–H groups in total. The Labute approximate surface area is 79.8 Å². The summed E-state index contributed by atoms with van der Waals surface area (Å²) in [5.41, 5.74) is 0.832. The minimum atomic E-state index is 0.113. The molecule has 0 aliphatic rings. The zero-order valence-corrected chi connectivity index (χ0v) is 7.25. The average Bonchev–Trinajstić information content (AvgIpc) is 2.23. The smallest absolute Gasteiger partial charge is 0.177 e. The molecule has 0 fully saturated rings. The van der Waals surface area contributed by atoms with Gasteiger partial charge < -0.3 is 5.21 Å². The van der Waals surface area contributed by atoms with Crippen LogP contribution < -0.4 is 5.49 Å². The number of nitrogens with zero attached hydrogens (tertiary/aromatic N) is 3.